The van der Waals surface area contributed by atoms with E-state index in [1.807, 2.05) is 6.07 Å². The van der Waals surface area contributed by atoms with Gasteiger partial charge >= 0.3 is 0 Å². The molecule has 10 nitrogen and oxygen atoms in total. The van der Waals surface area contributed by atoms with Crippen LogP contribution in [0.2, 0.25) is 0 Å². The van der Waals surface area contributed by atoms with Gasteiger partial charge in [-0.15, -0.1) is 0 Å². The number of imidazole rings is 1. The van der Waals surface area contributed by atoms with E-state index in [0.717, 1.165) is 62.3 Å². The van der Waals surface area contributed by atoms with Gasteiger partial charge in [-0.05, 0) is 49.4 Å². The lowest BCUT2D eigenvalue weighted by molar-refractivity contribution is -0.384. The molecule has 1 saturated carbocycles. The van der Waals surface area contributed by atoms with Crippen LogP contribution in [0.25, 0.3) is 11.0 Å². The van der Waals surface area contributed by atoms with Crippen molar-refractivity contribution in [2.45, 2.75) is 44.4 Å². The van der Waals surface area contributed by atoms with Crippen molar-refractivity contribution in [3.05, 3.63) is 63.7 Å². The van der Waals surface area contributed by atoms with Gasteiger partial charge in [-0.3, -0.25) is 25.1 Å². The molecule has 1 aromatic heterocycles. The minimum Gasteiger partial charge on any atom is -0.393 e. The van der Waals surface area contributed by atoms with Gasteiger partial charge in [0, 0.05) is 43.4 Å². The van der Waals surface area contributed by atoms with Crippen LogP contribution in [-0.2, 0) is 11.3 Å². The van der Waals surface area contributed by atoms with Gasteiger partial charge in [-0.1, -0.05) is 12.1 Å². The third kappa shape index (κ3) is 5.19. The van der Waals surface area contributed by atoms with Crippen LogP contribution in [0.5, 0.6) is 0 Å². The first-order valence-corrected chi connectivity index (χ1v) is 12.0. The minimum absolute atomic E-state index is 0.0916. The number of ether oxygens (including phenoxy) is 1. The van der Waals surface area contributed by atoms with E-state index in [1.54, 1.807) is 6.07 Å². The molecule has 2 aromatic carbocycles. The Hall–Kier alpha value is -3.34. The summed E-state index contributed by atoms with van der Waals surface area (Å²) in [4.78, 5) is 30.8. The number of aliphatic hydroxyl groups is 1. The third-order valence-electron chi connectivity index (χ3n) is 6.84. The average Bonchev–Trinajstić information content (AvgIpc) is 3.22. The molecule has 10 heteroatoms. The van der Waals surface area contributed by atoms with E-state index in [9.17, 15) is 20.0 Å². The highest BCUT2D eigenvalue weighted by Crippen LogP contribution is 2.35. The maximum atomic E-state index is 13.0. The molecule has 1 aliphatic heterocycles. The number of nitro groups is 1. The van der Waals surface area contributed by atoms with Crippen molar-refractivity contribution in [3.63, 3.8) is 0 Å². The molecule has 5 rings (SSSR count). The van der Waals surface area contributed by atoms with E-state index in [4.69, 9.17) is 9.72 Å². The number of carbonyl (C=O) groups is 1. The molecule has 2 fully saturated rings. The summed E-state index contributed by atoms with van der Waals surface area (Å²) in [6, 6.07) is 12.0. The number of benzene rings is 2. The fourth-order valence-electron chi connectivity index (χ4n) is 4.97. The fraction of sp³-hybridized carbons (Fsp3) is 0.440. The van der Waals surface area contributed by atoms with Crippen molar-refractivity contribution in [1.29, 1.82) is 0 Å². The number of hydrogen-bond acceptors (Lipinski definition) is 7. The predicted octanol–water partition coefficient (Wildman–Crippen LogP) is 3.51. The van der Waals surface area contributed by atoms with Crippen molar-refractivity contribution >= 4 is 28.6 Å². The number of aliphatic hydroxyl groups excluding tert-OH is 1. The first kappa shape index (κ1) is 23.4. The largest absolute Gasteiger partial charge is 0.393 e. The first-order valence-electron chi connectivity index (χ1n) is 12.0. The summed E-state index contributed by atoms with van der Waals surface area (Å²) >= 11 is 0. The molecule has 0 atom stereocenters. The Morgan fingerprint density at radius 1 is 1.14 bits per heavy atom. The van der Waals surface area contributed by atoms with Gasteiger partial charge in [0.2, 0.25) is 5.95 Å². The van der Waals surface area contributed by atoms with Gasteiger partial charge in [0.25, 0.3) is 11.6 Å². The molecular formula is C25H29N5O5. The maximum Gasteiger partial charge on any atom is 0.270 e. The summed E-state index contributed by atoms with van der Waals surface area (Å²) in [6.07, 6.45) is 2.64. The number of carbonyl (C=O) groups excluding carboxylic acids is 1. The number of nitrogens with one attached hydrogen (secondary N) is 1. The van der Waals surface area contributed by atoms with E-state index in [-0.39, 0.29) is 23.4 Å². The maximum absolute atomic E-state index is 13.0. The van der Waals surface area contributed by atoms with Crippen LogP contribution in [0, 0.1) is 10.1 Å². The molecule has 0 radical (unpaired) electrons. The van der Waals surface area contributed by atoms with Crippen LogP contribution in [-0.4, -0.2) is 62.8 Å². The normalized spacial score (nSPS) is 21.2. The minimum atomic E-state index is -0.518. The fourth-order valence-corrected chi connectivity index (χ4v) is 4.97. The summed E-state index contributed by atoms with van der Waals surface area (Å²) in [5.41, 5.74) is 2.91. The zero-order chi connectivity index (χ0) is 24.4. The number of aromatic nitrogens is 2. The lowest BCUT2D eigenvalue weighted by Crippen LogP contribution is -2.35. The van der Waals surface area contributed by atoms with Crippen molar-refractivity contribution in [3.8, 4) is 0 Å². The van der Waals surface area contributed by atoms with Crippen molar-refractivity contribution in [2.75, 3.05) is 31.6 Å². The highest BCUT2D eigenvalue weighted by molar-refractivity contribution is 6.04. The lowest BCUT2D eigenvalue weighted by atomic mass is 9.93. The molecule has 2 heterocycles. The zero-order valence-corrected chi connectivity index (χ0v) is 19.4. The topological polar surface area (TPSA) is 123 Å². The van der Waals surface area contributed by atoms with Crippen LogP contribution in [0.4, 0.5) is 11.6 Å². The number of non-ortho nitro benzene ring substituents is 1. The highest BCUT2D eigenvalue weighted by atomic mass is 16.6. The van der Waals surface area contributed by atoms with Crippen LogP contribution in [0.15, 0.2) is 42.5 Å². The molecular weight excluding hydrogens is 450 g/mol. The number of rotatable bonds is 6. The van der Waals surface area contributed by atoms with Gasteiger partial charge < -0.3 is 14.4 Å². The second kappa shape index (κ2) is 10.1. The molecule has 0 unspecified atom stereocenters. The second-order valence-electron chi connectivity index (χ2n) is 9.24. The van der Waals surface area contributed by atoms with Crippen LogP contribution >= 0.6 is 0 Å². The average molecular weight is 480 g/mol. The standard InChI is InChI=1S/C25H29N5O5/c31-21-7-5-19(6-8-21)29-23-9-4-17(16-28-10-12-35-13-11-28)14-22(23)26-25(29)27-24(32)18-2-1-3-20(15-18)30(33)34/h1-4,9,14-15,19,21,31H,5-8,10-13,16H2,(H,26,27,32). The summed E-state index contributed by atoms with van der Waals surface area (Å²) < 4.78 is 7.49. The Labute approximate surface area is 202 Å². The zero-order valence-electron chi connectivity index (χ0n) is 19.4. The van der Waals surface area contributed by atoms with E-state index >= 15 is 0 Å². The Kier molecular flexibility index (Phi) is 6.76. The highest BCUT2D eigenvalue weighted by Gasteiger charge is 2.26. The second-order valence-corrected chi connectivity index (χ2v) is 9.24. The summed E-state index contributed by atoms with van der Waals surface area (Å²) in [5, 5.41) is 24.0. The molecule has 0 bridgehead atoms. The smallest absolute Gasteiger partial charge is 0.270 e. The van der Waals surface area contributed by atoms with Crippen LogP contribution < -0.4 is 5.32 Å². The van der Waals surface area contributed by atoms with Crippen molar-refractivity contribution in [1.82, 2.24) is 14.5 Å². The van der Waals surface area contributed by atoms with Gasteiger partial charge in [0.15, 0.2) is 0 Å². The number of hydrogen-bond donors (Lipinski definition) is 2. The Morgan fingerprint density at radius 2 is 1.91 bits per heavy atom. The van der Waals surface area contributed by atoms with E-state index < -0.39 is 10.8 Å². The molecule has 2 aliphatic rings. The molecule has 1 saturated heterocycles. The van der Waals surface area contributed by atoms with E-state index in [1.165, 1.54) is 18.2 Å². The molecule has 3 aromatic rings. The van der Waals surface area contributed by atoms with Gasteiger partial charge in [-0.2, -0.15) is 0 Å². The summed E-state index contributed by atoms with van der Waals surface area (Å²) in [6.45, 7) is 4.05. The quantitative estimate of drug-likeness (QED) is 0.410. The lowest BCUT2D eigenvalue weighted by Gasteiger charge is -2.28. The first-order chi connectivity index (χ1) is 17.0. The van der Waals surface area contributed by atoms with E-state index in [2.05, 4.69) is 26.9 Å². The Bertz CT molecular complexity index is 1230. The van der Waals surface area contributed by atoms with Gasteiger partial charge in [-0.25, -0.2) is 4.98 Å². The number of nitrogens with zero attached hydrogens (tertiary/aromatic N) is 4. The van der Waals surface area contributed by atoms with Crippen LogP contribution in [0.1, 0.15) is 47.6 Å². The SMILES string of the molecule is O=C(Nc1nc2cc(CN3CCOCC3)ccc2n1C1CCC(O)CC1)c1cccc([N+](=O)[O-])c1. The Balaban J connectivity index is 1.46. The number of morpholine rings is 1. The number of fused-ring (bicyclic) bond motifs is 1. The van der Waals surface area contributed by atoms with Crippen molar-refractivity contribution in [2.24, 2.45) is 0 Å². The monoisotopic (exact) mass is 479 g/mol. The number of amides is 1. The summed E-state index contributed by atoms with van der Waals surface area (Å²) in [5.74, 6) is -0.0314. The molecule has 35 heavy (non-hydrogen) atoms. The van der Waals surface area contributed by atoms with E-state index in [0.29, 0.717) is 18.8 Å². The molecule has 1 aliphatic carbocycles. The van der Waals surface area contributed by atoms with Gasteiger partial charge in [0.1, 0.15) is 0 Å². The molecule has 1 amide bonds. The predicted molar refractivity (Wildman–Crippen MR) is 130 cm³/mol. The third-order valence-corrected chi connectivity index (χ3v) is 6.84. The number of anilines is 1. The van der Waals surface area contributed by atoms with Crippen molar-refractivity contribution < 1.29 is 19.6 Å². The molecule has 0 spiro atoms. The summed E-state index contributed by atoms with van der Waals surface area (Å²) in [7, 11) is 0. The van der Waals surface area contributed by atoms with Gasteiger partial charge in [0.05, 0.1) is 35.3 Å². The Morgan fingerprint density at radius 3 is 2.66 bits per heavy atom. The van der Waals surface area contributed by atoms with Crippen LogP contribution in [0.3, 0.4) is 0 Å². The molecule has 184 valence electrons. The number of nitro benzene ring substituents is 1. The molecule has 2 N–H and O–H groups in total.